The molecule has 0 saturated carbocycles. The van der Waals surface area contributed by atoms with Crippen LogP contribution < -0.4 is 0 Å². The van der Waals surface area contributed by atoms with Crippen LogP contribution in [-0.4, -0.2) is 7.11 Å². The number of hydrogen-bond acceptors (Lipinski definition) is 3. The highest BCUT2D eigenvalue weighted by Gasteiger charge is 2.30. The summed E-state index contributed by atoms with van der Waals surface area (Å²) in [5.74, 6) is 0. The lowest BCUT2D eigenvalue weighted by molar-refractivity contribution is 0.332. The molecular formula is C11H12N2O. The molecule has 1 aliphatic rings. The van der Waals surface area contributed by atoms with Gasteiger partial charge < -0.3 is 4.74 Å². The van der Waals surface area contributed by atoms with Gasteiger partial charge in [0.05, 0.1) is 19.1 Å². The first-order chi connectivity index (χ1) is 6.76. The number of methoxy groups -OCH3 is 1. The fourth-order valence-electron chi connectivity index (χ4n) is 1.52. The third kappa shape index (κ3) is 1.31. The van der Waals surface area contributed by atoms with Crippen molar-refractivity contribution in [3.05, 3.63) is 42.2 Å². The summed E-state index contributed by atoms with van der Waals surface area (Å²) in [5.41, 5.74) is 1.69. The Balaban J connectivity index is 2.42. The molecule has 1 atom stereocenters. The summed E-state index contributed by atoms with van der Waals surface area (Å²) in [6.45, 7) is 2.01. The fourth-order valence-corrected chi connectivity index (χ4v) is 1.52. The van der Waals surface area contributed by atoms with E-state index in [-0.39, 0.29) is 5.54 Å². The molecule has 0 radical (unpaired) electrons. The molecule has 1 aliphatic heterocycles. The molecule has 14 heavy (non-hydrogen) atoms. The maximum atomic E-state index is 4.90. The second-order valence-corrected chi connectivity index (χ2v) is 3.40. The van der Waals surface area contributed by atoms with Gasteiger partial charge in [0.15, 0.2) is 0 Å². The second-order valence-electron chi connectivity index (χ2n) is 3.40. The van der Waals surface area contributed by atoms with Gasteiger partial charge in [0.2, 0.25) is 0 Å². The number of benzene rings is 1. The van der Waals surface area contributed by atoms with E-state index in [1.54, 1.807) is 13.4 Å². The highest BCUT2D eigenvalue weighted by atomic mass is 16.5. The Labute approximate surface area is 83.1 Å². The maximum absolute atomic E-state index is 4.90. The van der Waals surface area contributed by atoms with Crippen LogP contribution in [0.15, 0.2) is 46.8 Å². The molecule has 0 unspecified atom stereocenters. The zero-order valence-electron chi connectivity index (χ0n) is 8.27. The van der Waals surface area contributed by atoms with Crippen LogP contribution in [0.4, 0.5) is 5.69 Å². The SMILES string of the molecule is CO/C=C/[C@@]1(C)N=Nc2ccccc21. The molecule has 0 spiro atoms. The fraction of sp³-hybridized carbons (Fsp3) is 0.273. The van der Waals surface area contributed by atoms with E-state index >= 15 is 0 Å². The topological polar surface area (TPSA) is 34.0 Å². The van der Waals surface area contributed by atoms with Crippen molar-refractivity contribution in [3.8, 4) is 0 Å². The van der Waals surface area contributed by atoms with E-state index in [0.29, 0.717) is 0 Å². The van der Waals surface area contributed by atoms with E-state index in [1.165, 1.54) is 0 Å². The Kier molecular flexibility index (Phi) is 2.08. The molecule has 0 aromatic heterocycles. The maximum Gasteiger partial charge on any atom is 0.127 e. The van der Waals surface area contributed by atoms with Crippen molar-refractivity contribution < 1.29 is 4.74 Å². The molecule has 3 heteroatoms. The first kappa shape index (κ1) is 8.94. The average molecular weight is 188 g/mol. The summed E-state index contributed by atoms with van der Waals surface area (Å²) in [4.78, 5) is 0. The Morgan fingerprint density at radius 1 is 1.36 bits per heavy atom. The minimum atomic E-state index is -0.368. The monoisotopic (exact) mass is 188 g/mol. The minimum Gasteiger partial charge on any atom is -0.505 e. The molecule has 0 fully saturated rings. The quantitative estimate of drug-likeness (QED) is 0.656. The van der Waals surface area contributed by atoms with Gasteiger partial charge in [0.1, 0.15) is 5.54 Å². The van der Waals surface area contributed by atoms with Gasteiger partial charge in [-0.05, 0) is 19.1 Å². The zero-order chi connectivity index (χ0) is 10.0. The lowest BCUT2D eigenvalue weighted by atomic mass is 9.93. The number of rotatable bonds is 2. The molecule has 0 aliphatic carbocycles. The number of hydrogen-bond donors (Lipinski definition) is 0. The van der Waals surface area contributed by atoms with Gasteiger partial charge in [-0.3, -0.25) is 0 Å². The van der Waals surface area contributed by atoms with Gasteiger partial charge in [-0.1, -0.05) is 18.2 Å². The van der Waals surface area contributed by atoms with Crippen LogP contribution in [0.25, 0.3) is 0 Å². The smallest absolute Gasteiger partial charge is 0.127 e. The number of nitrogens with zero attached hydrogens (tertiary/aromatic N) is 2. The summed E-state index contributed by atoms with van der Waals surface area (Å²) in [6.07, 6.45) is 3.55. The van der Waals surface area contributed by atoms with Crippen molar-refractivity contribution in [3.63, 3.8) is 0 Å². The predicted octanol–water partition coefficient (Wildman–Crippen LogP) is 3.16. The van der Waals surface area contributed by atoms with Crippen LogP contribution in [-0.2, 0) is 10.3 Å². The van der Waals surface area contributed by atoms with Crippen LogP contribution in [0.3, 0.4) is 0 Å². The third-order valence-electron chi connectivity index (χ3n) is 2.34. The third-order valence-corrected chi connectivity index (χ3v) is 2.34. The lowest BCUT2D eigenvalue weighted by Crippen LogP contribution is -2.11. The summed E-state index contributed by atoms with van der Waals surface area (Å²) in [5, 5.41) is 8.35. The largest absolute Gasteiger partial charge is 0.505 e. The summed E-state index contributed by atoms with van der Waals surface area (Å²) >= 11 is 0. The van der Waals surface area contributed by atoms with Crippen molar-refractivity contribution >= 4 is 5.69 Å². The first-order valence-electron chi connectivity index (χ1n) is 4.49. The molecule has 0 saturated heterocycles. The van der Waals surface area contributed by atoms with E-state index in [0.717, 1.165) is 11.3 Å². The zero-order valence-corrected chi connectivity index (χ0v) is 8.27. The van der Waals surface area contributed by atoms with Crippen molar-refractivity contribution in [1.82, 2.24) is 0 Å². The lowest BCUT2D eigenvalue weighted by Gasteiger charge is -2.14. The predicted molar refractivity (Wildman–Crippen MR) is 54.5 cm³/mol. The summed E-state index contributed by atoms with van der Waals surface area (Å²) in [6, 6.07) is 7.96. The van der Waals surface area contributed by atoms with E-state index in [4.69, 9.17) is 4.74 Å². The Hall–Kier alpha value is -1.64. The molecule has 0 N–H and O–H groups in total. The second kappa shape index (κ2) is 3.25. The van der Waals surface area contributed by atoms with Crippen LogP contribution >= 0.6 is 0 Å². The van der Waals surface area contributed by atoms with Gasteiger partial charge in [-0.2, -0.15) is 10.2 Å². The van der Waals surface area contributed by atoms with Crippen LogP contribution in [0, 0.1) is 0 Å². The van der Waals surface area contributed by atoms with Crippen molar-refractivity contribution in [2.75, 3.05) is 7.11 Å². The standard InChI is InChI=1S/C11H12N2O/c1-11(7-8-14-2)9-5-3-4-6-10(9)12-13-11/h3-8H,1-2H3/b8-7+/t11-/m1/s1. The van der Waals surface area contributed by atoms with Gasteiger partial charge in [0.25, 0.3) is 0 Å². The normalized spacial score (nSPS) is 24.1. The Morgan fingerprint density at radius 3 is 2.93 bits per heavy atom. The molecule has 1 aromatic rings. The highest BCUT2D eigenvalue weighted by Crippen LogP contribution is 2.40. The van der Waals surface area contributed by atoms with Gasteiger partial charge in [0, 0.05) is 5.56 Å². The van der Waals surface area contributed by atoms with E-state index in [1.807, 2.05) is 37.3 Å². The minimum absolute atomic E-state index is 0.368. The van der Waals surface area contributed by atoms with Gasteiger partial charge in [-0.25, -0.2) is 0 Å². The molecule has 72 valence electrons. The number of azo groups is 1. The van der Waals surface area contributed by atoms with Crippen LogP contribution in [0.5, 0.6) is 0 Å². The first-order valence-corrected chi connectivity index (χ1v) is 4.49. The Morgan fingerprint density at radius 2 is 2.14 bits per heavy atom. The van der Waals surface area contributed by atoms with E-state index in [9.17, 15) is 0 Å². The van der Waals surface area contributed by atoms with Gasteiger partial charge in [-0.15, -0.1) is 0 Å². The molecular weight excluding hydrogens is 176 g/mol. The van der Waals surface area contributed by atoms with Crippen molar-refractivity contribution in [1.29, 1.82) is 0 Å². The van der Waals surface area contributed by atoms with E-state index < -0.39 is 0 Å². The molecule has 3 nitrogen and oxygen atoms in total. The number of fused-ring (bicyclic) bond motifs is 1. The number of ether oxygens (including phenoxy) is 1. The van der Waals surface area contributed by atoms with Crippen molar-refractivity contribution in [2.45, 2.75) is 12.5 Å². The molecule has 2 rings (SSSR count). The van der Waals surface area contributed by atoms with Crippen molar-refractivity contribution in [2.24, 2.45) is 10.2 Å². The van der Waals surface area contributed by atoms with Crippen LogP contribution in [0.2, 0.25) is 0 Å². The molecule has 1 heterocycles. The van der Waals surface area contributed by atoms with Crippen LogP contribution in [0.1, 0.15) is 12.5 Å². The summed E-state index contributed by atoms with van der Waals surface area (Å²) in [7, 11) is 1.62. The van der Waals surface area contributed by atoms with E-state index in [2.05, 4.69) is 10.2 Å². The molecule has 0 amide bonds. The Bertz CT molecular complexity index is 398. The van der Waals surface area contributed by atoms with Gasteiger partial charge >= 0.3 is 0 Å². The average Bonchev–Trinajstić information content (AvgIpc) is 2.55. The highest BCUT2D eigenvalue weighted by molar-refractivity contribution is 5.53. The summed E-state index contributed by atoms with van der Waals surface area (Å²) < 4.78 is 4.90. The molecule has 1 aromatic carbocycles. The molecule has 0 bridgehead atoms.